The standard InChI is InChI=1S/C24H22N2O3S2/c25-24(27)20-11-18(17-6-8-30-14-17)10-19-21(13-26-23(19)20)16-7-9-31(28,29)22(12-16)15-4-2-1-3-5-15/h1-6,8,10-11,13-14,16,22,26H,7,9,12H2,(H2,25,27). The van der Waals surface area contributed by atoms with Crippen LogP contribution < -0.4 is 5.73 Å². The maximum absolute atomic E-state index is 12.8. The van der Waals surface area contributed by atoms with Gasteiger partial charge in [0.2, 0.25) is 0 Å². The fraction of sp³-hybridized carbons (Fsp3) is 0.208. The number of sulfone groups is 1. The smallest absolute Gasteiger partial charge is 0.250 e. The zero-order chi connectivity index (χ0) is 21.6. The third kappa shape index (κ3) is 3.58. The number of carbonyl (C=O) groups excluding carboxylic acids is 1. The summed E-state index contributed by atoms with van der Waals surface area (Å²) in [5, 5.41) is 4.45. The second-order valence-electron chi connectivity index (χ2n) is 8.05. The van der Waals surface area contributed by atoms with Crippen molar-refractivity contribution in [1.29, 1.82) is 0 Å². The van der Waals surface area contributed by atoms with Crippen LogP contribution >= 0.6 is 11.3 Å². The van der Waals surface area contributed by atoms with E-state index < -0.39 is 21.0 Å². The highest BCUT2D eigenvalue weighted by Gasteiger charge is 2.36. The summed E-state index contributed by atoms with van der Waals surface area (Å²) in [6, 6.07) is 15.4. The van der Waals surface area contributed by atoms with Crippen molar-refractivity contribution < 1.29 is 13.2 Å². The van der Waals surface area contributed by atoms with E-state index in [1.165, 1.54) is 0 Å². The van der Waals surface area contributed by atoms with E-state index in [2.05, 4.69) is 11.1 Å². The van der Waals surface area contributed by atoms with Crippen molar-refractivity contribution in [2.45, 2.75) is 24.0 Å². The molecule has 0 radical (unpaired) electrons. The molecule has 2 aromatic carbocycles. The molecule has 158 valence electrons. The molecule has 0 aliphatic carbocycles. The first-order valence-electron chi connectivity index (χ1n) is 10.2. The van der Waals surface area contributed by atoms with Crippen LogP contribution in [0.4, 0.5) is 0 Å². The van der Waals surface area contributed by atoms with Gasteiger partial charge in [-0.05, 0) is 70.0 Å². The summed E-state index contributed by atoms with van der Waals surface area (Å²) in [6.45, 7) is 0. The summed E-state index contributed by atoms with van der Waals surface area (Å²) in [7, 11) is -3.20. The fourth-order valence-electron chi connectivity index (χ4n) is 4.65. The molecule has 1 aliphatic rings. The summed E-state index contributed by atoms with van der Waals surface area (Å²) < 4.78 is 25.7. The lowest BCUT2D eigenvalue weighted by Crippen LogP contribution is -2.26. The molecule has 1 saturated heterocycles. The number of benzene rings is 2. The molecule has 5 rings (SSSR count). The van der Waals surface area contributed by atoms with Gasteiger partial charge in [-0.3, -0.25) is 4.79 Å². The number of primary amides is 1. The average molecular weight is 451 g/mol. The number of rotatable bonds is 4. The van der Waals surface area contributed by atoms with E-state index in [0.29, 0.717) is 23.9 Å². The lowest BCUT2D eigenvalue weighted by molar-refractivity contribution is 0.100. The molecule has 1 amide bonds. The van der Waals surface area contributed by atoms with Crippen LogP contribution in [0.25, 0.3) is 22.0 Å². The van der Waals surface area contributed by atoms with Crippen LogP contribution in [0, 0.1) is 0 Å². The maximum Gasteiger partial charge on any atom is 0.250 e. The number of carbonyl (C=O) groups is 1. The monoisotopic (exact) mass is 450 g/mol. The van der Waals surface area contributed by atoms with E-state index in [1.54, 1.807) is 11.3 Å². The number of aromatic nitrogens is 1. The van der Waals surface area contributed by atoms with Gasteiger partial charge in [0.25, 0.3) is 5.91 Å². The summed E-state index contributed by atoms with van der Waals surface area (Å²) in [5.74, 6) is -0.263. The third-order valence-electron chi connectivity index (χ3n) is 6.24. The number of hydrogen-bond acceptors (Lipinski definition) is 4. The van der Waals surface area contributed by atoms with Gasteiger partial charge in [-0.15, -0.1) is 0 Å². The largest absolute Gasteiger partial charge is 0.366 e. The van der Waals surface area contributed by atoms with E-state index in [9.17, 15) is 13.2 Å². The zero-order valence-corrected chi connectivity index (χ0v) is 18.4. The Labute approximate surface area is 184 Å². The molecule has 3 N–H and O–H groups in total. The molecule has 1 fully saturated rings. The number of hydrogen-bond donors (Lipinski definition) is 2. The van der Waals surface area contributed by atoms with Crippen molar-refractivity contribution in [2.24, 2.45) is 5.73 Å². The molecule has 1 aliphatic heterocycles. The Morgan fingerprint density at radius 1 is 1.10 bits per heavy atom. The van der Waals surface area contributed by atoms with Crippen LogP contribution in [0.5, 0.6) is 0 Å². The van der Waals surface area contributed by atoms with Crippen molar-refractivity contribution in [2.75, 3.05) is 5.75 Å². The molecule has 3 heterocycles. The molecule has 2 aromatic heterocycles. The minimum Gasteiger partial charge on any atom is -0.366 e. The molecule has 0 bridgehead atoms. The lowest BCUT2D eigenvalue weighted by atomic mass is 9.88. The summed E-state index contributed by atoms with van der Waals surface area (Å²) in [6.07, 6.45) is 3.00. The van der Waals surface area contributed by atoms with Crippen LogP contribution in [0.3, 0.4) is 0 Å². The van der Waals surface area contributed by atoms with Gasteiger partial charge < -0.3 is 10.7 Å². The van der Waals surface area contributed by atoms with E-state index in [0.717, 1.165) is 27.6 Å². The van der Waals surface area contributed by atoms with Crippen molar-refractivity contribution >= 4 is 38.0 Å². The fourth-order valence-corrected chi connectivity index (χ4v) is 7.31. The van der Waals surface area contributed by atoms with Crippen LogP contribution in [0.2, 0.25) is 0 Å². The van der Waals surface area contributed by atoms with Crippen LogP contribution in [0.15, 0.2) is 65.5 Å². The average Bonchev–Trinajstić information content (AvgIpc) is 3.44. The Kier molecular flexibility index (Phi) is 4.95. The molecule has 7 heteroatoms. The second-order valence-corrected chi connectivity index (χ2v) is 11.1. The van der Waals surface area contributed by atoms with Gasteiger partial charge in [-0.2, -0.15) is 11.3 Å². The van der Waals surface area contributed by atoms with Crippen molar-refractivity contribution in [3.05, 3.63) is 82.2 Å². The van der Waals surface area contributed by atoms with Gasteiger partial charge >= 0.3 is 0 Å². The summed E-state index contributed by atoms with van der Waals surface area (Å²) >= 11 is 1.60. The van der Waals surface area contributed by atoms with Gasteiger partial charge in [-0.25, -0.2) is 8.42 Å². The van der Waals surface area contributed by atoms with Gasteiger partial charge in [0.05, 0.1) is 22.1 Å². The van der Waals surface area contributed by atoms with E-state index in [4.69, 9.17) is 5.73 Å². The SMILES string of the molecule is NC(=O)c1cc(-c2ccsc2)cc2c(C3CCS(=O)(=O)C(c4ccccc4)C3)c[nH]c12. The zero-order valence-electron chi connectivity index (χ0n) is 16.7. The van der Waals surface area contributed by atoms with Crippen molar-refractivity contribution in [3.63, 3.8) is 0 Å². The molecule has 5 nitrogen and oxygen atoms in total. The van der Waals surface area contributed by atoms with Crippen molar-refractivity contribution in [3.8, 4) is 11.1 Å². The number of aromatic amines is 1. The normalized spacial score (nSPS) is 20.6. The Morgan fingerprint density at radius 2 is 1.90 bits per heavy atom. The topological polar surface area (TPSA) is 93.0 Å². The highest BCUT2D eigenvalue weighted by molar-refractivity contribution is 7.91. The first-order chi connectivity index (χ1) is 14.9. The van der Waals surface area contributed by atoms with E-state index in [1.807, 2.05) is 59.4 Å². The summed E-state index contributed by atoms with van der Waals surface area (Å²) in [4.78, 5) is 15.4. The third-order valence-corrected chi connectivity index (χ3v) is 9.06. The number of nitrogens with one attached hydrogen (secondary N) is 1. The predicted octanol–water partition coefficient (Wildman–Crippen LogP) is 5.03. The van der Waals surface area contributed by atoms with Gasteiger partial charge in [0.15, 0.2) is 9.84 Å². The predicted molar refractivity (Wildman–Crippen MR) is 125 cm³/mol. The molecular formula is C24H22N2O3S2. The number of H-pyrrole nitrogens is 1. The molecule has 0 spiro atoms. The molecule has 2 unspecified atom stereocenters. The van der Waals surface area contributed by atoms with Gasteiger partial charge in [0.1, 0.15) is 0 Å². The molecule has 2 atom stereocenters. The van der Waals surface area contributed by atoms with Crippen LogP contribution in [-0.2, 0) is 9.84 Å². The Balaban J connectivity index is 1.61. The van der Waals surface area contributed by atoms with E-state index in [-0.39, 0.29) is 11.7 Å². The van der Waals surface area contributed by atoms with Crippen LogP contribution in [0.1, 0.15) is 45.5 Å². The number of fused-ring (bicyclic) bond motifs is 1. The molecule has 4 aromatic rings. The highest BCUT2D eigenvalue weighted by Crippen LogP contribution is 2.44. The molecular weight excluding hydrogens is 428 g/mol. The number of nitrogens with two attached hydrogens (primary N) is 1. The maximum atomic E-state index is 12.8. The first kappa shape index (κ1) is 20.0. The molecule has 0 saturated carbocycles. The quantitative estimate of drug-likeness (QED) is 0.457. The minimum atomic E-state index is -3.20. The Morgan fingerprint density at radius 3 is 2.61 bits per heavy atom. The van der Waals surface area contributed by atoms with Gasteiger partial charge in [-0.1, -0.05) is 30.3 Å². The highest BCUT2D eigenvalue weighted by atomic mass is 32.2. The van der Waals surface area contributed by atoms with Crippen molar-refractivity contribution in [1.82, 2.24) is 4.98 Å². The first-order valence-corrected chi connectivity index (χ1v) is 12.8. The minimum absolute atomic E-state index is 0.0703. The Bertz CT molecular complexity index is 1360. The number of thiophene rings is 1. The van der Waals surface area contributed by atoms with Gasteiger partial charge in [0, 0.05) is 11.6 Å². The van der Waals surface area contributed by atoms with Crippen LogP contribution in [-0.4, -0.2) is 25.1 Å². The summed E-state index contributed by atoms with van der Waals surface area (Å²) in [5.41, 5.74) is 10.7. The number of amides is 1. The lowest BCUT2D eigenvalue weighted by Gasteiger charge is -2.29. The van der Waals surface area contributed by atoms with E-state index >= 15 is 0 Å². The molecule has 31 heavy (non-hydrogen) atoms. The Hall–Kier alpha value is -2.90. The second kappa shape index (κ2) is 7.66.